The second-order valence-electron chi connectivity index (χ2n) is 6.69. The molecular weight excluding hydrogens is 379 g/mol. The number of hydrogen-bond donors (Lipinski definition) is 2. The first-order chi connectivity index (χ1) is 12.7. The molecule has 0 aromatic carbocycles. The van der Waals surface area contributed by atoms with E-state index in [1.54, 1.807) is 25.4 Å². The van der Waals surface area contributed by atoms with Crippen LogP contribution in [0.1, 0.15) is 11.3 Å². The van der Waals surface area contributed by atoms with Crippen molar-refractivity contribution in [1.82, 2.24) is 20.4 Å². The van der Waals surface area contributed by atoms with Crippen LogP contribution in [0.4, 0.5) is 13.2 Å². The van der Waals surface area contributed by atoms with E-state index in [1.165, 1.54) is 14.7 Å². The normalized spacial score (nSPS) is 18.6. The summed E-state index contributed by atoms with van der Waals surface area (Å²) in [5.41, 5.74) is 0. The van der Waals surface area contributed by atoms with Gasteiger partial charge in [0.15, 0.2) is 5.96 Å². The van der Waals surface area contributed by atoms with Crippen LogP contribution in [0.25, 0.3) is 0 Å². The molecule has 1 atom stereocenters. The average Bonchev–Trinajstić information content (AvgIpc) is 3.22. The van der Waals surface area contributed by atoms with Gasteiger partial charge in [0.1, 0.15) is 6.54 Å². The third-order valence-corrected chi connectivity index (χ3v) is 5.07. The standard InChI is InChI=1S/C17H26F3N5OS/c1-24(2)15(26)10-22-16(21-7-5-14-4-3-9-27-14)23-13-6-8-25(11-13)12-17(18,19)20/h3-4,9,13H,5-8,10-12H2,1-2H3,(H2,21,22,23). The van der Waals surface area contributed by atoms with Crippen LogP contribution >= 0.6 is 11.3 Å². The van der Waals surface area contributed by atoms with Crippen LogP contribution in [0.3, 0.4) is 0 Å². The van der Waals surface area contributed by atoms with E-state index in [-0.39, 0.29) is 18.5 Å². The molecule has 0 spiro atoms. The van der Waals surface area contributed by atoms with Gasteiger partial charge in [0, 0.05) is 44.6 Å². The van der Waals surface area contributed by atoms with Gasteiger partial charge in [0.2, 0.25) is 5.91 Å². The highest BCUT2D eigenvalue weighted by molar-refractivity contribution is 7.09. The van der Waals surface area contributed by atoms with Gasteiger partial charge in [0.05, 0.1) is 6.54 Å². The number of thiophene rings is 1. The van der Waals surface area contributed by atoms with Gasteiger partial charge in [-0.15, -0.1) is 11.3 Å². The predicted molar refractivity (Wildman–Crippen MR) is 101 cm³/mol. The molecule has 0 aliphatic carbocycles. The van der Waals surface area contributed by atoms with Crippen molar-refractivity contribution in [1.29, 1.82) is 0 Å². The number of aliphatic imine (C=N–C) groups is 1. The van der Waals surface area contributed by atoms with E-state index < -0.39 is 12.7 Å². The fourth-order valence-corrected chi connectivity index (χ4v) is 3.45. The van der Waals surface area contributed by atoms with Gasteiger partial charge in [-0.05, 0) is 24.3 Å². The SMILES string of the molecule is CN(C)C(=O)CN=C(NCCc1cccs1)NC1CCN(CC(F)(F)F)C1. The van der Waals surface area contributed by atoms with Gasteiger partial charge in [0.25, 0.3) is 0 Å². The van der Waals surface area contributed by atoms with Crippen LogP contribution in [-0.4, -0.2) is 80.7 Å². The Kier molecular flexibility index (Phi) is 7.91. The fourth-order valence-electron chi connectivity index (χ4n) is 2.74. The van der Waals surface area contributed by atoms with E-state index in [9.17, 15) is 18.0 Å². The maximum Gasteiger partial charge on any atom is 0.401 e. The fraction of sp³-hybridized carbons (Fsp3) is 0.647. The molecule has 6 nitrogen and oxygen atoms in total. The molecule has 2 N–H and O–H groups in total. The number of nitrogens with zero attached hydrogens (tertiary/aromatic N) is 3. The predicted octanol–water partition coefficient (Wildman–Crippen LogP) is 1.55. The summed E-state index contributed by atoms with van der Waals surface area (Å²) in [6.07, 6.45) is -2.78. The van der Waals surface area contributed by atoms with E-state index >= 15 is 0 Å². The first-order valence-electron chi connectivity index (χ1n) is 8.79. The smallest absolute Gasteiger partial charge is 0.356 e. The molecule has 1 aliphatic rings. The zero-order chi connectivity index (χ0) is 19.9. The molecule has 0 saturated carbocycles. The Balaban J connectivity index is 1.88. The van der Waals surface area contributed by atoms with Gasteiger partial charge >= 0.3 is 6.18 Å². The summed E-state index contributed by atoms with van der Waals surface area (Å²) in [5, 5.41) is 8.35. The third kappa shape index (κ3) is 8.17. The van der Waals surface area contributed by atoms with Crippen molar-refractivity contribution in [2.24, 2.45) is 4.99 Å². The number of guanidine groups is 1. The van der Waals surface area contributed by atoms with E-state index in [0.29, 0.717) is 32.0 Å². The van der Waals surface area contributed by atoms with Crippen LogP contribution in [0, 0.1) is 0 Å². The lowest BCUT2D eigenvalue weighted by Crippen LogP contribution is -2.46. The van der Waals surface area contributed by atoms with Crippen molar-refractivity contribution in [3.63, 3.8) is 0 Å². The molecule has 2 rings (SSSR count). The number of amides is 1. The monoisotopic (exact) mass is 405 g/mol. The number of likely N-dealkylation sites (N-methyl/N-ethyl adjacent to an activating group) is 1. The second kappa shape index (κ2) is 9.93. The molecule has 1 amide bonds. The zero-order valence-corrected chi connectivity index (χ0v) is 16.4. The largest absolute Gasteiger partial charge is 0.401 e. The van der Waals surface area contributed by atoms with Crippen molar-refractivity contribution in [2.45, 2.75) is 25.1 Å². The minimum Gasteiger partial charge on any atom is -0.356 e. The number of nitrogens with one attached hydrogen (secondary N) is 2. The van der Waals surface area contributed by atoms with Crippen molar-refractivity contribution >= 4 is 23.2 Å². The molecule has 1 unspecified atom stereocenters. The molecule has 1 saturated heterocycles. The number of likely N-dealkylation sites (tertiary alicyclic amines) is 1. The average molecular weight is 405 g/mol. The van der Waals surface area contributed by atoms with Crippen molar-refractivity contribution in [2.75, 3.05) is 46.8 Å². The molecule has 27 heavy (non-hydrogen) atoms. The molecule has 1 fully saturated rings. The highest BCUT2D eigenvalue weighted by Crippen LogP contribution is 2.19. The molecule has 1 aromatic heterocycles. The summed E-state index contributed by atoms with van der Waals surface area (Å²) < 4.78 is 37.6. The summed E-state index contributed by atoms with van der Waals surface area (Å²) in [5.74, 6) is 0.320. The minimum absolute atomic E-state index is 0.0136. The van der Waals surface area contributed by atoms with Gasteiger partial charge in [-0.1, -0.05) is 6.07 Å². The second-order valence-corrected chi connectivity index (χ2v) is 7.72. The van der Waals surface area contributed by atoms with E-state index in [0.717, 1.165) is 6.42 Å². The highest BCUT2D eigenvalue weighted by Gasteiger charge is 2.34. The zero-order valence-electron chi connectivity index (χ0n) is 15.6. The lowest BCUT2D eigenvalue weighted by molar-refractivity contribution is -0.143. The number of carbonyl (C=O) groups excluding carboxylic acids is 1. The summed E-state index contributed by atoms with van der Waals surface area (Å²) in [4.78, 5) is 20.1. The Hall–Kier alpha value is -1.81. The molecular formula is C17H26F3N5OS. The first-order valence-corrected chi connectivity index (χ1v) is 9.67. The third-order valence-electron chi connectivity index (χ3n) is 4.13. The number of hydrogen-bond acceptors (Lipinski definition) is 4. The van der Waals surface area contributed by atoms with Crippen molar-refractivity contribution in [3.05, 3.63) is 22.4 Å². The van der Waals surface area contributed by atoms with E-state index in [4.69, 9.17) is 0 Å². The quantitative estimate of drug-likeness (QED) is 0.534. The Labute approximate surface area is 161 Å². The van der Waals surface area contributed by atoms with E-state index in [1.807, 2.05) is 17.5 Å². The van der Waals surface area contributed by atoms with E-state index in [2.05, 4.69) is 15.6 Å². The number of alkyl halides is 3. The summed E-state index contributed by atoms with van der Waals surface area (Å²) >= 11 is 1.66. The van der Waals surface area contributed by atoms with Crippen LogP contribution in [-0.2, 0) is 11.2 Å². The molecule has 152 valence electrons. The lowest BCUT2D eigenvalue weighted by Gasteiger charge is -2.20. The van der Waals surface area contributed by atoms with Gasteiger partial charge in [-0.3, -0.25) is 9.69 Å². The highest BCUT2D eigenvalue weighted by atomic mass is 32.1. The number of rotatable bonds is 7. The van der Waals surface area contributed by atoms with Crippen LogP contribution in [0.5, 0.6) is 0 Å². The van der Waals surface area contributed by atoms with Gasteiger partial charge < -0.3 is 15.5 Å². The number of halogens is 3. The maximum atomic E-state index is 12.5. The van der Waals surface area contributed by atoms with Crippen LogP contribution < -0.4 is 10.6 Å². The van der Waals surface area contributed by atoms with Gasteiger partial charge in [-0.25, -0.2) is 4.99 Å². The van der Waals surface area contributed by atoms with Crippen LogP contribution in [0.2, 0.25) is 0 Å². The molecule has 0 bridgehead atoms. The van der Waals surface area contributed by atoms with Crippen molar-refractivity contribution < 1.29 is 18.0 Å². The molecule has 2 heterocycles. The van der Waals surface area contributed by atoms with Gasteiger partial charge in [-0.2, -0.15) is 13.2 Å². The Bertz CT molecular complexity index is 619. The first kappa shape index (κ1) is 21.5. The summed E-state index contributed by atoms with van der Waals surface area (Å²) in [6, 6.07) is 3.89. The molecule has 1 aromatic rings. The summed E-state index contributed by atoms with van der Waals surface area (Å²) in [6.45, 7) is 0.396. The summed E-state index contributed by atoms with van der Waals surface area (Å²) in [7, 11) is 3.31. The number of carbonyl (C=O) groups is 1. The maximum absolute atomic E-state index is 12.5. The minimum atomic E-state index is -4.19. The Morgan fingerprint density at radius 3 is 2.85 bits per heavy atom. The lowest BCUT2D eigenvalue weighted by atomic mass is 10.3. The topological polar surface area (TPSA) is 60.0 Å². The Morgan fingerprint density at radius 2 is 2.22 bits per heavy atom. The molecule has 1 aliphatic heterocycles. The Morgan fingerprint density at radius 1 is 1.44 bits per heavy atom. The van der Waals surface area contributed by atoms with Crippen molar-refractivity contribution in [3.8, 4) is 0 Å². The molecule has 10 heteroatoms. The molecule has 0 radical (unpaired) electrons. The van der Waals surface area contributed by atoms with Crippen LogP contribution in [0.15, 0.2) is 22.5 Å².